The molecule has 0 aromatic heterocycles. The number of hydrogen-bond acceptors (Lipinski definition) is 5. The van der Waals surface area contributed by atoms with Crippen LogP contribution in [-0.2, 0) is 19.4 Å². The third kappa shape index (κ3) is 5.40. The second-order valence-corrected chi connectivity index (χ2v) is 6.51. The highest BCUT2D eigenvalue weighted by Crippen LogP contribution is 2.17. The lowest BCUT2D eigenvalue weighted by Gasteiger charge is -2.15. The van der Waals surface area contributed by atoms with E-state index in [9.17, 15) is 13.2 Å². The Morgan fingerprint density at radius 3 is 2.47 bits per heavy atom. The number of rotatable bonds is 7. The summed E-state index contributed by atoms with van der Waals surface area (Å²) in [6.45, 7) is 0.251. The van der Waals surface area contributed by atoms with E-state index < -0.39 is 15.8 Å². The SMILES string of the molecule is COC(=O)CCS(=O)(=O)CC(CN)c1ccccc1. The molecule has 19 heavy (non-hydrogen) atoms. The Kier molecular flexibility index (Phi) is 5.98. The van der Waals surface area contributed by atoms with Crippen LogP contribution in [0.5, 0.6) is 0 Å². The fraction of sp³-hybridized carbons (Fsp3) is 0.462. The van der Waals surface area contributed by atoms with Crippen molar-refractivity contribution in [3.05, 3.63) is 35.9 Å². The lowest BCUT2D eigenvalue weighted by Crippen LogP contribution is -2.24. The molecule has 0 saturated heterocycles. The van der Waals surface area contributed by atoms with Crippen molar-refractivity contribution in [3.8, 4) is 0 Å². The molecular weight excluding hydrogens is 266 g/mol. The van der Waals surface area contributed by atoms with E-state index >= 15 is 0 Å². The Labute approximate surface area is 113 Å². The highest BCUT2D eigenvalue weighted by atomic mass is 32.2. The van der Waals surface area contributed by atoms with E-state index in [0.29, 0.717) is 0 Å². The molecular formula is C13H19NO4S. The number of benzene rings is 1. The average Bonchev–Trinajstić information content (AvgIpc) is 2.43. The van der Waals surface area contributed by atoms with E-state index in [4.69, 9.17) is 5.73 Å². The minimum absolute atomic E-state index is 0.0511. The summed E-state index contributed by atoms with van der Waals surface area (Å²) < 4.78 is 28.3. The molecule has 1 aromatic carbocycles. The van der Waals surface area contributed by atoms with E-state index in [2.05, 4.69) is 4.74 Å². The van der Waals surface area contributed by atoms with Crippen molar-refractivity contribution in [1.29, 1.82) is 0 Å². The summed E-state index contributed by atoms with van der Waals surface area (Å²) in [6, 6.07) is 9.27. The van der Waals surface area contributed by atoms with E-state index in [1.807, 2.05) is 30.3 Å². The van der Waals surface area contributed by atoms with Crippen LogP contribution in [0.2, 0.25) is 0 Å². The monoisotopic (exact) mass is 285 g/mol. The Hall–Kier alpha value is -1.40. The molecule has 0 aliphatic rings. The first kappa shape index (κ1) is 15.7. The van der Waals surface area contributed by atoms with Gasteiger partial charge in [0.1, 0.15) is 0 Å². The molecule has 0 saturated carbocycles. The lowest BCUT2D eigenvalue weighted by atomic mass is 10.0. The van der Waals surface area contributed by atoms with Gasteiger partial charge in [0.25, 0.3) is 0 Å². The third-order valence-corrected chi connectivity index (χ3v) is 4.59. The summed E-state index contributed by atoms with van der Waals surface area (Å²) in [5, 5.41) is 0. The van der Waals surface area contributed by atoms with Gasteiger partial charge < -0.3 is 10.5 Å². The molecule has 0 amide bonds. The van der Waals surface area contributed by atoms with Gasteiger partial charge in [-0.15, -0.1) is 0 Å². The third-order valence-electron chi connectivity index (χ3n) is 2.86. The van der Waals surface area contributed by atoms with Crippen molar-refractivity contribution in [2.75, 3.05) is 25.2 Å². The average molecular weight is 285 g/mol. The topological polar surface area (TPSA) is 86.5 Å². The van der Waals surface area contributed by atoms with Crippen LogP contribution in [0.1, 0.15) is 17.9 Å². The Bertz CT molecular complexity index is 499. The summed E-state index contributed by atoms with van der Waals surface area (Å²) in [7, 11) is -2.09. The van der Waals surface area contributed by atoms with Gasteiger partial charge in [-0.25, -0.2) is 8.42 Å². The van der Waals surface area contributed by atoms with Crippen LogP contribution in [0.3, 0.4) is 0 Å². The second kappa shape index (κ2) is 7.25. The Morgan fingerprint density at radius 1 is 1.32 bits per heavy atom. The quantitative estimate of drug-likeness (QED) is 0.745. The molecule has 2 N–H and O–H groups in total. The van der Waals surface area contributed by atoms with Gasteiger partial charge in [-0.05, 0) is 5.56 Å². The number of hydrogen-bond donors (Lipinski definition) is 1. The number of ether oxygens (including phenoxy) is 1. The number of carbonyl (C=O) groups excluding carboxylic acids is 1. The van der Waals surface area contributed by atoms with Gasteiger partial charge >= 0.3 is 5.97 Å². The molecule has 0 heterocycles. The van der Waals surface area contributed by atoms with Crippen LogP contribution in [0.25, 0.3) is 0 Å². The molecule has 5 nitrogen and oxygen atoms in total. The summed E-state index contributed by atoms with van der Waals surface area (Å²) in [6.07, 6.45) is -0.120. The van der Waals surface area contributed by atoms with Gasteiger partial charge in [-0.2, -0.15) is 0 Å². The van der Waals surface area contributed by atoms with E-state index in [1.165, 1.54) is 7.11 Å². The number of carbonyl (C=O) groups is 1. The van der Waals surface area contributed by atoms with Crippen molar-refractivity contribution in [2.24, 2.45) is 5.73 Å². The van der Waals surface area contributed by atoms with Crippen molar-refractivity contribution < 1.29 is 17.9 Å². The van der Waals surface area contributed by atoms with Gasteiger partial charge in [0, 0.05) is 12.5 Å². The fourth-order valence-corrected chi connectivity index (χ4v) is 3.34. The van der Waals surface area contributed by atoms with Crippen LogP contribution < -0.4 is 5.73 Å². The van der Waals surface area contributed by atoms with E-state index in [1.54, 1.807) is 0 Å². The van der Waals surface area contributed by atoms with Crippen molar-refractivity contribution >= 4 is 15.8 Å². The van der Waals surface area contributed by atoms with Crippen molar-refractivity contribution in [1.82, 2.24) is 0 Å². The zero-order chi connectivity index (χ0) is 14.3. The lowest BCUT2D eigenvalue weighted by molar-refractivity contribution is -0.140. The zero-order valence-corrected chi connectivity index (χ0v) is 11.7. The summed E-state index contributed by atoms with van der Waals surface area (Å²) >= 11 is 0. The molecule has 1 atom stereocenters. The number of nitrogens with two attached hydrogens (primary N) is 1. The largest absolute Gasteiger partial charge is 0.469 e. The fourth-order valence-electron chi connectivity index (χ4n) is 1.76. The van der Waals surface area contributed by atoms with Crippen molar-refractivity contribution in [3.63, 3.8) is 0 Å². The molecule has 1 aromatic rings. The van der Waals surface area contributed by atoms with Crippen LogP contribution in [0.4, 0.5) is 0 Å². The van der Waals surface area contributed by atoms with Crippen molar-refractivity contribution in [2.45, 2.75) is 12.3 Å². The minimum Gasteiger partial charge on any atom is -0.469 e. The smallest absolute Gasteiger partial charge is 0.306 e. The summed E-state index contributed by atoms with van der Waals surface area (Å²) in [5.41, 5.74) is 6.53. The first-order chi connectivity index (χ1) is 8.98. The predicted octanol–water partition coefficient (Wildman–Crippen LogP) is 0.707. The molecule has 1 rings (SSSR count). The maximum absolute atomic E-state index is 11.9. The van der Waals surface area contributed by atoms with Crippen LogP contribution in [0, 0.1) is 0 Å². The van der Waals surface area contributed by atoms with E-state index in [0.717, 1.165) is 5.56 Å². The Balaban J connectivity index is 2.67. The van der Waals surface area contributed by atoms with Gasteiger partial charge in [0.2, 0.25) is 0 Å². The molecule has 0 aliphatic carbocycles. The van der Waals surface area contributed by atoms with E-state index in [-0.39, 0.29) is 30.4 Å². The summed E-state index contributed by atoms with van der Waals surface area (Å²) in [5.74, 6) is -1.02. The minimum atomic E-state index is -3.33. The first-order valence-electron chi connectivity index (χ1n) is 6.00. The van der Waals surface area contributed by atoms with Crippen LogP contribution >= 0.6 is 0 Å². The molecule has 0 bridgehead atoms. The Morgan fingerprint density at radius 2 is 1.95 bits per heavy atom. The normalized spacial score (nSPS) is 12.9. The zero-order valence-electron chi connectivity index (χ0n) is 10.9. The van der Waals surface area contributed by atoms with Gasteiger partial charge in [0.05, 0.1) is 25.0 Å². The first-order valence-corrected chi connectivity index (χ1v) is 7.83. The van der Waals surface area contributed by atoms with Gasteiger partial charge in [0.15, 0.2) is 9.84 Å². The molecule has 0 spiro atoms. The maximum atomic E-state index is 11.9. The predicted molar refractivity (Wildman–Crippen MR) is 73.5 cm³/mol. The van der Waals surface area contributed by atoms with Crippen LogP contribution in [0.15, 0.2) is 30.3 Å². The summed E-state index contributed by atoms with van der Waals surface area (Å²) in [4.78, 5) is 11.0. The highest BCUT2D eigenvalue weighted by molar-refractivity contribution is 7.91. The maximum Gasteiger partial charge on any atom is 0.306 e. The molecule has 0 aliphatic heterocycles. The number of methoxy groups -OCH3 is 1. The van der Waals surface area contributed by atoms with Gasteiger partial charge in [-0.3, -0.25) is 4.79 Å². The molecule has 106 valence electrons. The number of sulfone groups is 1. The number of esters is 1. The van der Waals surface area contributed by atoms with Crippen LogP contribution in [-0.4, -0.2) is 39.5 Å². The molecule has 6 heteroatoms. The second-order valence-electron chi connectivity index (χ2n) is 4.28. The molecule has 0 radical (unpaired) electrons. The standard InChI is InChI=1S/C13H19NO4S/c1-18-13(15)7-8-19(16,17)10-12(9-14)11-5-3-2-4-6-11/h2-6,12H,7-10,14H2,1H3. The molecule has 0 fully saturated rings. The molecule has 1 unspecified atom stereocenters. The van der Waals surface area contributed by atoms with Gasteiger partial charge in [-0.1, -0.05) is 30.3 Å². The highest BCUT2D eigenvalue weighted by Gasteiger charge is 2.20.